The van der Waals surface area contributed by atoms with E-state index in [4.69, 9.17) is 0 Å². The van der Waals surface area contributed by atoms with Crippen LogP contribution in [0.1, 0.15) is 13.3 Å². The van der Waals surface area contributed by atoms with Gasteiger partial charge in [0.1, 0.15) is 0 Å². The lowest BCUT2D eigenvalue weighted by Crippen LogP contribution is -2.31. The summed E-state index contributed by atoms with van der Waals surface area (Å²) in [5.74, 6) is 2.90. The van der Waals surface area contributed by atoms with E-state index in [1.807, 2.05) is 23.6 Å². The van der Waals surface area contributed by atoms with Gasteiger partial charge >= 0.3 is 0 Å². The van der Waals surface area contributed by atoms with Crippen molar-refractivity contribution in [3.63, 3.8) is 0 Å². The number of likely N-dealkylation sites (N-methyl/N-ethyl adjacent to an activating group) is 1. The molecule has 2 aliphatic heterocycles. The second kappa shape index (κ2) is 8.84. The second-order valence-corrected chi connectivity index (χ2v) is 5.06. The van der Waals surface area contributed by atoms with Crippen molar-refractivity contribution in [2.75, 3.05) is 50.8 Å². The van der Waals surface area contributed by atoms with Gasteiger partial charge in [0, 0.05) is 57.2 Å². The lowest BCUT2D eigenvalue weighted by atomic mass is 10.4. The summed E-state index contributed by atoms with van der Waals surface area (Å²) < 4.78 is 0. The normalized spacial score (nSPS) is 22.1. The van der Waals surface area contributed by atoms with Crippen molar-refractivity contribution in [1.82, 2.24) is 15.5 Å². The molecule has 0 aromatic heterocycles. The van der Waals surface area contributed by atoms with Gasteiger partial charge in [-0.25, -0.2) is 0 Å². The number of thioether (sulfide) groups is 1. The van der Waals surface area contributed by atoms with Crippen LogP contribution in [0.4, 0.5) is 0 Å². The monoisotopic (exact) mass is 245 g/mol. The average molecular weight is 245 g/mol. The van der Waals surface area contributed by atoms with Gasteiger partial charge in [-0.05, 0) is 6.92 Å². The molecule has 2 rings (SSSR count). The lowest BCUT2D eigenvalue weighted by molar-refractivity contribution is -0.130. The third-order valence-corrected chi connectivity index (χ3v) is 3.64. The van der Waals surface area contributed by atoms with E-state index in [0.29, 0.717) is 6.42 Å². The molecule has 4 nitrogen and oxygen atoms in total. The zero-order chi connectivity index (χ0) is 11.6. The first-order valence-electron chi connectivity index (χ1n) is 6.11. The van der Waals surface area contributed by atoms with E-state index in [1.54, 1.807) is 0 Å². The van der Waals surface area contributed by atoms with Crippen LogP contribution < -0.4 is 10.6 Å². The molecule has 0 bridgehead atoms. The molecule has 0 unspecified atom stereocenters. The Hall–Kier alpha value is -0.260. The van der Waals surface area contributed by atoms with Crippen molar-refractivity contribution in [2.24, 2.45) is 0 Å². The highest BCUT2D eigenvalue weighted by Crippen LogP contribution is 1.99. The average Bonchev–Trinajstić information content (AvgIpc) is 2.56. The number of nitrogens with zero attached hydrogens (tertiary/aromatic N) is 1. The van der Waals surface area contributed by atoms with Gasteiger partial charge in [-0.2, -0.15) is 11.8 Å². The van der Waals surface area contributed by atoms with E-state index in [-0.39, 0.29) is 5.91 Å². The Morgan fingerprint density at radius 2 is 1.88 bits per heavy atom. The molecule has 0 radical (unpaired) electrons. The summed E-state index contributed by atoms with van der Waals surface area (Å²) in [6.45, 7) is 7.95. The Morgan fingerprint density at radius 3 is 2.38 bits per heavy atom. The first-order chi connectivity index (χ1) is 7.84. The molecule has 0 atom stereocenters. The van der Waals surface area contributed by atoms with E-state index in [0.717, 1.165) is 26.2 Å². The first kappa shape index (κ1) is 13.8. The number of carbonyl (C=O) groups is 1. The van der Waals surface area contributed by atoms with Crippen LogP contribution in [0.3, 0.4) is 0 Å². The molecular weight excluding hydrogens is 222 g/mol. The van der Waals surface area contributed by atoms with Crippen molar-refractivity contribution < 1.29 is 4.79 Å². The van der Waals surface area contributed by atoms with Gasteiger partial charge in [0.2, 0.25) is 5.91 Å². The third-order valence-electron chi connectivity index (χ3n) is 2.65. The minimum atomic E-state index is 0.285. The van der Waals surface area contributed by atoms with E-state index in [1.165, 1.54) is 24.6 Å². The number of rotatable bonds is 1. The molecule has 94 valence electrons. The van der Waals surface area contributed by atoms with Gasteiger partial charge in [-0.1, -0.05) is 0 Å². The first-order valence-corrected chi connectivity index (χ1v) is 7.27. The van der Waals surface area contributed by atoms with Gasteiger partial charge in [-0.15, -0.1) is 0 Å². The maximum absolute atomic E-state index is 11.1. The third kappa shape index (κ3) is 5.72. The van der Waals surface area contributed by atoms with Crippen molar-refractivity contribution >= 4 is 17.7 Å². The summed E-state index contributed by atoms with van der Waals surface area (Å²) in [6.07, 6.45) is 0.661. The van der Waals surface area contributed by atoms with Crippen molar-refractivity contribution in [3.8, 4) is 0 Å². The fourth-order valence-electron chi connectivity index (χ4n) is 1.67. The minimum absolute atomic E-state index is 0.285. The summed E-state index contributed by atoms with van der Waals surface area (Å²) in [6, 6.07) is 0. The Kier molecular flexibility index (Phi) is 7.63. The highest BCUT2D eigenvalue weighted by atomic mass is 32.2. The van der Waals surface area contributed by atoms with Crippen molar-refractivity contribution in [3.05, 3.63) is 0 Å². The van der Waals surface area contributed by atoms with E-state index < -0.39 is 0 Å². The van der Waals surface area contributed by atoms with Crippen LogP contribution in [0, 0.1) is 0 Å². The van der Waals surface area contributed by atoms with Crippen LogP contribution in [0.2, 0.25) is 0 Å². The van der Waals surface area contributed by atoms with Gasteiger partial charge in [0.25, 0.3) is 0 Å². The quantitative estimate of drug-likeness (QED) is 0.690. The molecule has 16 heavy (non-hydrogen) atoms. The number of hydrogen-bond acceptors (Lipinski definition) is 4. The molecule has 2 aliphatic rings. The zero-order valence-corrected chi connectivity index (χ0v) is 10.9. The largest absolute Gasteiger partial charge is 0.342 e. The number of amides is 1. The molecule has 0 aliphatic carbocycles. The molecule has 2 saturated heterocycles. The number of nitrogens with one attached hydrogen (secondary N) is 2. The van der Waals surface area contributed by atoms with E-state index in [9.17, 15) is 4.79 Å². The van der Waals surface area contributed by atoms with E-state index >= 15 is 0 Å². The minimum Gasteiger partial charge on any atom is -0.342 e. The van der Waals surface area contributed by atoms with Gasteiger partial charge in [-0.3, -0.25) is 4.79 Å². The summed E-state index contributed by atoms with van der Waals surface area (Å²) in [4.78, 5) is 13.0. The Balaban J connectivity index is 0.000000181. The molecule has 0 spiro atoms. The molecule has 1 amide bonds. The summed E-state index contributed by atoms with van der Waals surface area (Å²) in [7, 11) is 0. The van der Waals surface area contributed by atoms with Crippen LogP contribution in [0.25, 0.3) is 0 Å². The molecule has 2 N–H and O–H groups in total. The number of hydrogen-bond donors (Lipinski definition) is 2. The topological polar surface area (TPSA) is 44.4 Å². The summed E-state index contributed by atoms with van der Waals surface area (Å²) in [5.41, 5.74) is 0. The Morgan fingerprint density at radius 1 is 1.19 bits per heavy atom. The molecule has 0 saturated carbocycles. The van der Waals surface area contributed by atoms with Crippen molar-refractivity contribution in [1.29, 1.82) is 0 Å². The number of carbonyl (C=O) groups excluding carboxylic acids is 1. The van der Waals surface area contributed by atoms with Crippen LogP contribution in [0.5, 0.6) is 0 Å². The van der Waals surface area contributed by atoms with Crippen LogP contribution in [-0.2, 0) is 4.79 Å². The smallest absolute Gasteiger partial charge is 0.223 e. The van der Waals surface area contributed by atoms with Crippen LogP contribution in [-0.4, -0.2) is 61.6 Å². The molecular formula is C11H23N3OS. The van der Waals surface area contributed by atoms with Gasteiger partial charge < -0.3 is 15.5 Å². The van der Waals surface area contributed by atoms with Crippen molar-refractivity contribution in [2.45, 2.75) is 13.3 Å². The molecule has 2 fully saturated rings. The predicted octanol–water partition coefficient (Wildman–Crippen LogP) is 0.151. The Bertz CT molecular complexity index is 186. The fraction of sp³-hybridized carbons (Fsp3) is 0.909. The highest BCUT2D eigenvalue weighted by Gasteiger charge is 2.12. The molecule has 0 aromatic carbocycles. The molecule has 5 heteroatoms. The second-order valence-electron chi connectivity index (χ2n) is 3.84. The maximum atomic E-state index is 11.1. The van der Waals surface area contributed by atoms with E-state index in [2.05, 4.69) is 10.6 Å². The molecule has 2 heterocycles. The van der Waals surface area contributed by atoms with Gasteiger partial charge in [0.05, 0.1) is 0 Å². The Labute approximate surface area is 103 Å². The van der Waals surface area contributed by atoms with Crippen LogP contribution in [0.15, 0.2) is 0 Å². The SMILES string of the molecule is C1CSCCN1.CCN1CCNCCC1=O. The van der Waals surface area contributed by atoms with Gasteiger partial charge in [0.15, 0.2) is 0 Å². The standard InChI is InChI=1S/C7H14N2O.C4H9NS/c1-2-9-6-5-8-4-3-7(9)10;1-3-6-4-2-5-1/h8H,2-6H2,1H3;5H,1-4H2. The van der Waals surface area contributed by atoms with Crippen LogP contribution >= 0.6 is 11.8 Å². The summed E-state index contributed by atoms with van der Waals surface area (Å²) in [5, 5.41) is 6.44. The zero-order valence-electron chi connectivity index (χ0n) is 10.1. The maximum Gasteiger partial charge on any atom is 0.223 e. The summed E-state index contributed by atoms with van der Waals surface area (Å²) >= 11 is 2.03. The highest BCUT2D eigenvalue weighted by molar-refractivity contribution is 7.99. The fourth-order valence-corrected chi connectivity index (χ4v) is 2.45. The lowest BCUT2D eigenvalue weighted by Gasteiger charge is -2.16. The molecule has 0 aromatic rings. The predicted molar refractivity (Wildman–Crippen MR) is 69.9 cm³/mol.